The summed E-state index contributed by atoms with van der Waals surface area (Å²) in [6.45, 7) is 6.83. The van der Waals surface area contributed by atoms with Crippen LogP contribution in [0.5, 0.6) is 0 Å². The zero-order valence-electron chi connectivity index (χ0n) is 9.58. The lowest BCUT2D eigenvalue weighted by molar-refractivity contribution is 0.595. The first-order chi connectivity index (χ1) is 8.62. The van der Waals surface area contributed by atoms with Gasteiger partial charge in [0.05, 0.1) is 17.2 Å². The van der Waals surface area contributed by atoms with Crippen LogP contribution in [0.4, 0.5) is 5.69 Å². The molecule has 0 aliphatic rings. The van der Waals surface area contributed by atoms with E-state index in [1.807, 2.05) is 18.2 Å². The molecule has 0 aliphatic heterocycles. The molecule has 0 amide bonds. The molecule has 0 radical (unpaired) electrons. The van der Waals surface area contributed by atoms with Crippen LogP contribution < -0.4 is 0 Å². The normalized spacial score (nSPS) is 10.8. The third-order valence-electron chi connectivity index (χ3n) is 2.52. The van der Waals surface area contributed by atoms with Gasteiger partial charge in [0.25, 0.3) is 0 Å². The zero-order valence-corrected chi connectivity index (χ0v) is 10.4. The van der Waals surface area contributed by atoms with Crippen LogP contribution in [0.1, 0.15) is 5.56 Å². The minimum Gasteiger partial charge on any atom is -0.238 e. The summed E-state index contributed by atoms with van der Waals surface area (Å²) >= 11 is 0. The van der Waals surface area contributed by atoms with Crippen LogP contribution in [0.15, 0.2) is 59.5 Å². The van der Waals surface area contributed by atoms with Crippen molar-refractivity contribution in [1.29, 1.82) is 0 Å². The Morgan fingerprint density at radius 1 is 0.944 bits per heavy atom. The molecule has 0 aliphatic carbocycles. The van der Waals surface area contributed by atoms with Crippen LogP contribution in [0.3, 0.4) is 0 Å². The monoisotopic (exact) mass is 257 g/mol. The minimum absolute atomic E-state index is 0.0226. The summed E-state index contributed by atoms with van der Waals surface area (Å²) in [5.74, 6) is -0.0226. The molecular formula is C14H11NO2S. The van der Waals surface area contributed by atoms with Crippen LogP contribution in [0, 0.1) is 6.57 Å². The molecule has 0 spiro atoms. The molecule has 2 aromatic carbocycles. The third-order valence-corrected chi connectivity index (χ3v) is 4.23. The predicted molar refractivity (Wildman–Crippen MR) is 70.0 cm³/mol. The first-order valence-corrected chi connectivity index (χ1v) is 7.01. The maximum absolute atomic E-state index is 12.1. The average molecular weight is 257 g/mol. The smallest absolute Gasteiger partial charge is 0.187 e. The van der Waals surface area contributed by atoms with Gasteiger partial charge < -0.3 is 0 Å². The molecule has 0 saturated heterocycles. The van der Waals surface area contributed by atoms with Crippen molar-refractivity contribution in [1.82, 2.24) is 0 Å². The van der Waals surface area contributed by atoms with Crippen molar-refractivity contribution in [2.24, 2.45) is 0 Å². The molecule has 2 rings (SSSR count). The lowest BCUT2D eigenvalue weighted by atomic mass is 10.2. The van der Waals surface area contributed by atoms with E-state index < -0.39 is 9.84 Å². The first kappa shape index (κ1) is 12.3. The Kier molecular flexibility index (Phi) is 3.45. The van der Waals surface area contributed by atoms with Crippen LogP contribution in [-0.4, -0.2) is 8.42 Å². The minimum atomic E-state index is -3.34. The van der Waals surface area contributed by atoms with E-state index in [-0.39, 0.29) is 10.6 Å². The van der Waals surface area contributed by atoms with Gasteiger partial charge in [-0.2, -0.15) is 0 Å². The van der Waals surface area contributed by atoms with E-state index in [0.29, 0.717) is 5.69 Å². The molecule has 0 fully saturated rings. The molecule has 0 aromatic heterocycles. The highest BCUT2D eigenvalue weighted by atomic mass is 32.2. The zero-order chi connectivity index (χ0) is 13.0. The van der Waals surface area contributed by atoms with E-state index in [0.717, 1.165) is 5.56 Å². The van der Waals surface area contributed by atoms with Crippen LogP contribution >= 0.6 is 0 Å². The fourth-order valence-electron chi connectivity index (χ4n) is 1.60. The highest BCUT2D eigenvalue weighted by Crippen LogP contribution is 2.20. The molecule has 0 heterocycles. The van der Waals surface area contributed by atoms with Crippen molar-refractivity contribution in [3.8, 4) is 0 Å². The van der Waals surface area contributed by atoms with Gasteiger partial charge in [0.1, 0.15) is 0 Å². The van der Waals surface area contributed by atoms with Crippen LogP contribution in [0.2, 0.25) is 0 Å². The summed E-state index contributed by atoms with van der Waals surface area (Å²) in [7, 11) is -3.34. The third kappa shape index (κ3) is 2.76. The average Bonchev–Trinajstić information content (AvgIpc) is 2.39. The lowest BCUT2D eigenvalue weighted by Crippen LogP contribution is -2.04. The summed E-state index contributed by atoms with van der Waals surface area (Å²) in [4.78, 5) is 3.48. The van der Waals surface area contributed by atoms with Gasteiger partial charge in [-0.15, -0.1) is 0 Å². The summed E-state index contributed by atoms with van der Waals surface area (Å²) in [6, 6.07) is 15.0. The second kappa shape index (κ2) is 5.03. The number of rotatable bonds is 3. The number of nitrogens with zero attached hydrogens (tertiary/aromatic N) is 1. The van der Waals surface area contributed by atoms with Crippen molar-refractivity contribution in [2.45, 2.75) is 10.6 Å². The largest absolute Gasteiger partial charge is 0.238 e. The Hall–Kier alpha value is -2.12. The first-order valence-electron chi connectivity index (χ1n) is 5.36. The standard InChI is InChI=1S/C14H11NO2S/c1-15-13-7-9-14(10-8-13)18(16,17)11-12-5-3-2-4-6-12/h2-10H,11H2. The van der Waals surface area contributed by atoms with Crippen molar-refractivity contribution in [2.75, 3.05) is 0 Å². The Balaban J connectivity index is 2.29. The lowest BCUT2D eigenvalue weighted by Gasteiger charge is -2.04. The second-order valence-electron chi connectivity index (χ2n) is 3.85. The number of benzene rings is 2. The number of hydrogen-bond donors (Lipinski definition) is 0. The fraction of sp³-hybridized carbons (Fsp3) is 0.0714. The molecule has 2 aromatic rings. The van der Waals surface area contributed by atoms with Crippen molar-refractivity contribution in [3.63, 3.8) is 0 Å². The van der Waals surface area contributed by atoms with Gasteiger partial charge >= 0.3 is 0 Å². The molecule has 0 saturated carbocycles. The van der Waals surface area contributed by atoms with E-state index in [1.54, 1.807) is 12.1 Å². The molecule has 0 atom stereocenters. The van der Waals surface area contributed by atoms with Gasteiger partial charge in [-0.1, -0.05) is 54.6 Å². The van der Waals surface area contributed by atoms with Crippen LogP contribution in [-0.2, 0) is 15.6 Å². The summed E-state index contributed by atoms with van der Waals surface area (Å²) in [6.07, 6.45) is 0. The van der Waals surface area contributed by atoms with E-state index in [1.165, 1.54) is 24.3 Å². The van der Waals surface area contributed by atoms with E-state index in [4.69, 9.17) is 6.57 Å². The molecule has 18 heavy (non-hydrogen) atoms. The summed E-state index contributed by atoms with van der Waals surface area (Å²) in [5, 5.41) is 0. The molecule has 3 nitrogen and oxygen atoms in total. The Morgan fingerprint density at radius 2 is 1.56 bits per heavy atom. The van der Waals surface area contributed by atoms with Gasteiger partial charge in [0.2, 0.25) is 0 Å². The maximum Gasteiger partial charge on any atom is 0.187 e. The number of sulfone groups is 1. The van der Waals surface area contributed by atoms with Gasteiger partial charge in [0.15, 0.2) is 15.5 Å². The van der Waals surface area contributed by atoms with Crippen molar-refractivity contribution in [3.05, 3.63) is 71.6 Å². The molecule has 0 unspecified atom stereocenters. The maximum atomic E-state index is 12.1. The Bertz CT molecular complexity index is 668. The van der Waals surface area contributed by atoms with Gasteiger partial charge in [0, 0.05) is 0 Å². The van der Waals surface area contributed by atoms with E-state index >= 15 is 0 Å². The Morgan fingerprint density at radius 3 is 2.11 bits per heavy atom. The second-order valence-corrected chi connectivity index (χ2v) is 5.84. The van der Waals surface area contributed by atoms with Crippen molar-refractivity contribution >= 4 is 15.5 Å². The van der Waals surface area contributed by atoms with Gasteiger partial charge in [-0.05, 0) is 5.56 Å². The van der Waals surface area contributed by atoms with E-state index in [9.17, 15) is 8.42 Å². The fourth-order valence-corrected chi connectivity index (χ4v) is 2.95. The Labute approximate surface area is 106 Å². The number of hydrogen-bond acceptors (Lipinski definition) is 2. The molecule has 0 bridgehead atoms. The highest BCUT2D eigenvalue weighted by molar-refractivity contribution is 7.90. The highest BCUT2D eigenvalue weighted by Gasteiger charge is 2.14. The van der Waals surface area contributed by atoms with Gasteiger partial charge in [-0.3, -0.25) is 0 Å². The SMILES string of the molecule is [C-]#[N+]c1ccc(S(=O)(=O)Cc2ccccc2)cc1. The molecule has 90 valence electrons. The molecule has 4 heteroatoms. The quantitative estimate of drug-likeness (QED) is 0.792. The van der Waals surface area contributed by atoms with Crippen molar-refractivity contribution < 1.29 is 8.42 Å². The summed E-state index contributed by atoms with van der Waals surface area (Å²) < 4.78 is 24.2. The topological polar surface area (TPSA) is 38.5 Å². The molecular weight excluding hydrogens is 246 g/mol. The van der Waals surface area contributed by atoms with Gasteiger partial charge in [-0.25, -0.2) is 13.3 Å². The summed E-state index contributed by atoms with van der Waals surface area (Å²) in [5.41, 5.74) is 1.19. The van der Waals surface area contributed by atoms with Crippen LogP contribution in [0.25, 0.3) is 4.85 Å². The molecule has 0 N–H and O–H groups in total. The van der Waals surface area contributed by atoms with E-state index in [2.05, 4.69) is 4.85 Å². The predicted octanol–water partition coefficient (Wildman–Crippen LogP) is 3.21.